The van der Waals surface area contributed by atoms with E-state index >= 15 is 0 Å². The summed E-state index contributed by atoms with van der Waals surface area (Å²) in [6, 6.07) is 6.38. The van der Waals surface area contributed by atoms with Crippen LogP contribution in [0.15, 0.2) is 33.8 Å². The Balaban J connectivity index is 1.67. The largest absolute Gasteiger partial charge is 0.356 e. The van der Waals surface area contributed by atoms with Gasteiger partial charge < -0.3 is 15.2 Å². The Bertz CT molecular complexity index is 609. The van der Waals surface area contributed by atoms with Crippen LogP contribution in [0.3, 0.4) is 0 Å². The maximum absolute atomic E-state index is 12.8. The van der Waals surface area contributed by atoms with Crippen LogP contribution < -0.4 is 10.6 Å². The lowest BCUT2D eigenvalue weighted by atomic mass is 10.2. The predicted octanol–water partition coefficient (Wildman–Crippen LogP) is 1.81. The second-order valence-electron chi connectivity index (χ2n) is 4.82. The monoisotopic (exact) mass is 305 g/mol. The number of hydrogen-bond donors (Lipinski definition) is 2. The molecule has 0 atom stereocenters. The molecule has 0 spiro atoms. The number of nitrogens with zero attached hydrogens (tertiary/aromatic N) is 3. The van der Waals surface area contributed by atoms with Crippen molar-refractivity contribution in [3.05, 3.63) is 47.4 Å². The molecule has 0 radical (unpaired) electrons. The van der Waals surface area contributed by atoms with Crippen molar-refractivity contribution in [1.82, 2.24) is 20.8 Å². The molecular weight excluding hydrogens is 285 g/mol. The Hall–Kier alpha value is -2.44. The molecule has 118 valence electrons. The Morgan fingerprint density at radius 2 is 2.05 bits per heavy atom. The van der Waals surface area contributed by atoms with Crippen LogP contribution in [0.4, 0.5) is 4.39 Å². The molecule has 1 heterocycles. The van der Waals surface area contributed by atoms with Crippen LogP contribution in [0.5, 0.6) is 0 Å². The highest BCUT2D eigenvalue weighted by atomic mass is 19.1. The second-order valence-corrected chi connectivity index (χ2v) is 4.82. The summed E-state index contributed by atoms with van der Waals surface area (Å²) in [5, 5.41) is 10.1. The first-order valence-electron chi connectivity index (χ1n) is 7.15. The summed E-state index contributed by atoms with van der Waals surface area (Å²) in [5.74, 6) is 1.77. The number of aromatic nitrogens is 2. The quantitative estimate of drug-likeness (QED) is 0.484. The normalized spacial score (nSPS) is 11.5. The van der Waals surface area contributed by atoms with E-state index in [2.05, 4.69) is 25.8 Å². The third-order valence-corrected chi connectivity index (χ3v) is 3.03. The zero-order valence-electron chi connectivity index (χ0n) is 12.8. The molecule has 0 aliphatic rings. The first-order chi connectivity index (χ1) is 10.7. The maximum atomic E-state index is 12.8. The van der Waals surface area contributed by atoms with Crippen LogP contribution in [0.1, 0.15) is 23.7 Å². The minimum atomic E-state index is -0.234. The third kappa shape index (κ3) is 5.16. The van der Waals surface area contributed by atoms with Gasteiger partial charge in [-0.15, -0.1) is 0 Å². The van der Waals surface area contributed by atoms with Crippen LogP contribution in [-0.2, 0) is 13.0 Å². The molecule has 0 saturated carbocycles. The fourth-order valence-corrected chi connectivity index (χ4v) is 1.90. The van der Waals surface area contributed by atoms with Gasteiger partial charge in [0.1, 0.15) is 5.82 Å². The van der Waals surface area contributed by atoms with E-state index in [-0.39, 0.29) is 5.82 Å². The summed E-state index contributed by atoms with van der Waals surface area (Å²) >= 11 is 0. The Morgan fingerprint density at radius 3 is 2.68 bits per heavy atom. The molecular formula is C15H20FN5O. The molecule has 0 saturated heterocycles. The van der Waals surface area contributed by atoms with Gasteiger partial charge in [0, 0.05) is 26.6 Å². The number of aryl methyl sites for hydroxylation is 2. The van der Waals surface area contributed by atoms with Crippen LogP contribution >= 0.6 is 0 Å². The summed E-state index contributed by atoms with van der Waals surface area (Å²) in [6.45, 7) is 3.12. The summed E-state index contributed by atoms with van der Waals surface area (Å²) in [5.41, 5.74) is 0.991. The van der Waals surface area contributed by atoms with E-state index in [0.29, 0.717) is 24.2 Å². The minimum absolute atomic E-state index is 0.234. The van der Waals surface area contributed by atoms with E-state index in [1.807, 2.05) is 0 Å². The van der Waals surface area contributed by atoms with Gasteiger partial charge in [-0.1, -0.05) is 17.3 Å². The lowest BCUT2D eigenvalue weighted by Gasteiger charge is -2.11. The van der Waals surface area contributed by atoms with Crippen molar-refractivity contribution in [1.29, 1.82) is 0 Å². The highest BCUT2D eigenvalue weighted by Crippen LogP contribution is 2.02. The molecule has 2 rings (SSSR count). The highest BCUT2D eigenvalue weighted by molar-refractivity contribution is 5.79. The molecule has 7 heteroatoms. The number of guanidine groups is 1. The summed E-state index contributed by atoms with van der Waals surface area (Å²) < 4.78 is 17.9. The molecule has 0 unspecified atom stereocenters. The van der Waals surface area contributed by atoms with Crippen LogP contribution in [0.25, 0.3) is 0 Å². The van der Waals surface area contributed by atoms with E-state index in [1.54, 1.807) is 26.1 Å². The summed E-state index contributed by atoms with van der Waals surface area (Å²) in [4.78, 5) is 8.29. The van der Waals surface area contributed by atoms with E-state index in [0.717, 1.165) is 24.9 Å². The number of rotatable bonds is 6. The topological polar surface area (TPSA) is 75.3 Å². The number of nitrogens with one attached hydrogen (secondary N) is 2. The van der Waals surface area contributed by atoms with Crippen molar-refractivity contribution in [2.45, 2.75) is 26.3 Å². The van der Waals surface area contributed by atoms with Crippen LogP contribution in [0.2, 0.25) is 0 Å². The lowest BCUT2D eigenvalue weighted by molar-refractivity contribution is 0.372. The van der Waals surface area contributed by atoms with Gasteiger partial charge in [0.25, 0.3) is 0 Å². The molecule has 2 N–H and O–H groups in total. The smallest absolute Gasteiger partial charge is 0.226 e. The predicted molar refractivity (Wildman–Crippen MR) is 82.0 cm³/mol. The van der Waals surface area contributed by atoms with Crippen molar-refractivity contribution in [3.63, 3.8) is 0 Å². The Labute approximate surface area is 128 Å². The first-order valence-corrected chi connectivity index (χ1v) is 7.15. The van der Waals surface area contributed by atoms with E-state index in [4.69, 9.17) is 4.52 Å². The van der Waals surface area contributed by atoms with Crippen molar-refractivity contribution in [3.8, 4) is 0 Å². The number of halogens is 1. The molecule has 2 aromatic rings. The minimum Gasteiger partial charge on any atom is -0.356 e. The van der Waals surface area contributed by atoms with Crippen molar-refractivity contribution in [2.75, 3.05) is 13.6 Å². The van der Waals surface area contributed by atoms with Crippen molar-refractivity contribution in [2.24, 2.45) is 4.99 Å². The average Bonchev–Trinajstić information content (AvgIpc) is 2.94. The number of hydrogen-bond acceptors (Lipinski definition) is 4. The molecule has 0 aliphatic heterocycles. The molecule has 0 amide bonds. The molecule has 1 aromatic heterocycles. The summed E-state index contributed by atoms with van der Waals surface area (Å²) in [6.07, 6.45) is 1.58. The van der Waals surface area contributed by atoms with Gasteiger partial charge in [0.05, 0.1) is 0 Å². The molecule has 0 aliphatic carbocycles. The fourth-order valence-electron chi connectivity index (χ4n) is 1.90. The number of aliphatic imine (C=N–C) groups is 1. The Morgan fingerprint density at radius 1 is 1.27 bits per heavy atom. The third-order valence-electron chi connectivity index (χ3n) is 3.03. The second kappa shape index (κ2) is 8.11. The van der Waals surface area contributed by atoms with E-state index < -0.39 is 0 Å². The fraction of sp³-hybridized carbons (Fsp3) is 0.400. The van der Waals surface area contributed by atoms with Crippen molar-refractivity contribution < 1.29 is 8.91 Å². The van der Waals surface area contributed by atoms with Gasteiger partial charge in [0.2, 0.25) is 5.89 Å². The van der Waals surface area contributed by atoms with Crippen LogP contribution in [0, 0.1) is 12.7 Å². The lowest BCUT2D eigenvalue weighted by Crippen LogP contribution is -2.37. The number of benzene rings is 1. The first kappa shape index (κ1) is 15.9. The van der Waals surface area contributed by atoms with Crippen LogP contribution in [-0.4, -0.2) is 29.7 Å². The zero-order chi connectivity index (χ0) is 15.8. The SMILES string of the molecule is CN=C(NCCCc1nc(C)no1)NCc1ccc(F)cc1. The average molecular weight is 305 g/mol. The Kier molecular flexibility index (Phi) is 5.88. The van der Waals surface area contributed by atoms with E-state index in [1.165, 1.54) is 12.1 Å². The van der Waals surface area contributed by atoms with Crippen molar-refractivity contribution >= 4 is 5.96 Å². The van der Waals surface area contributed by atoms with Gasteiger partial charge in [-0.05, 0) is 31.0 Å². The standard InChI is InChI=1S/C15H20FN5O/c1-11-20-14(22-21-11)4-3-9-18-15(17-2)19-10-12-5-7-13(16)8-6-12/h5-8H,3-4,9-10H2,1-2H3,(H2,17,18,19). The zero-order valence-corrected chi connectivity index (χ0v) is 12.8. The highest BCUT2D eigenvalue weighted by Gasteiger charge is 2.03. The van der Waals surface area contributed by atoms with E-state index in [9.17, 15) is 4.39 Å². The van der Waals surface area contributed by atoms with Gasteiger partial charge in [-0.2, -0.15) is 4.98 Å². The van der Waals surface area contributed by atoms with Gasteiger partial charge in [0.15, 0.2) is 11.8 Å². The molecule has 0 bridgehead atoms. The molecule has 1 aromatic carbocycles. The summed E-state index contributed by atoms with van der Waals surface area (Å²) in [7, 11) is 1.71. The van der Waals surface area contributed by atoms with Gasteiger partial charge >= 0.3 is 0 Å². The van der Waals surface area contributed by atoms with Gasteiger partial charge in [-0.25, -0.2) is 4.39 Å². The maximum Gasteiger partial charge on any atom is 0.226 e. The molecule has 22 heavy (non-hydrogen) atoms. The van der Waals surface area contributed by atoms with Gasteiger partial charge in [-0.3, -0.25) is 4.99 Å². The molecule has 6 nitrogen and oxygen atoms in total. The molecule has 0 fully saturated rings.